The number of Topliss-reactive ketones (excluding diaryl/α,β-unsaturated/α-hetero) is 1. The molecule has 2 aromatic carbocycles. The van der Waals surface area contributed by atoms with Crippen molar-refractivity contribution in [3.63, 3.8) is 0 Å². The number of carbonyl (C=O) groups is 5. The molecule has 8 rings (SSSR count). The highest BCUT2D eigenvalue weighted by atomic mass is 127. The zero-order valence-electron chi connectivity index (χ0n) is 45.2. The molecule has 0 bridgehead atoms. The van der Waals surface area contributed by atoms with Crippen LogP contribution in [0.1, 0.15) is 141 Å². The molecule has 5 unspecified atom stereocenters. The van der Waals surface area contributed by atoms with Crippen molar-refractivity contribution in [2.24, 2.45) is 0 Å². The number of fused-ring (bicyclic) bond motifs is 2. The second-order valence-electron chi connectivity index (χ2n) is 22.5. The van der Waals surface area contributed by atoms with Crippen molar-refractivity contribution in [2.75, 3.05) is 50.4 Å². The fraction of sp³-hybridized carbons (Fsp3) is 0.559. The Labute approximate surface area is 478 Å². The maximum atomic E-state index is 14.4. The summed E-state index contributed by atoms with van der Waals surface area (Å²) in [5.41, 5.74) is 7.78. The minimum atomic E-state index is -4.08. The summed E-state index contributed by atoms with van der Waals surface area (Å²) in [5.74, 6) is -0.907. The van der Waals surface area contributed by atoms with Crippen molar-refractivity contribution in [2.45, 2.75) is 166 Å². The lowest BCUT2D eigenvalue weighted by atomic mass is 9.77. The van der Waals surface area contributed by atoms with Gasteiger partial charge in [-0.3, -0.25) is 28.5 Å². The second-order valence-corrected chi connectivity index (χ2v) is 26.5. The fourth-order valence-corrected chi connectivity index (χ4v) is 16.2. The van der Waals surface area contributed by atoms with Gasteiger partial charge in [-0.05, 0) is 181 Å². The van der Waals surface area contributed by atoms with Gasteiger partial charge in [-0.15, -0.1) is 0 Å². The van der Waals surface area contributed by atoms with Crippen molar-refractivity contribution in [3.8, 4) is 0 Å². The number of anilines is 1. The standard InChI is InChI=1S/C59H76I2N6O8S/c1-40-28-29-46-43(37-40)59(5,30-14-16-36-76(73,74)75)52(26-12-9-7-8-11-25-51-58(3,4)54-44(61)38-42(60)39-50(54)62(51)6)63(46)31-15-10-13-27-53(69)64-32-18-22-47(64)55(70)66-34-20-24-49(66)57(72)67-35-19-23-48(67)56(71)65-33-17-21-45(65)41(2)68/h7-9,11-12,25-26,28-29,37-39,45,47-49H,10,13-24,27,30-36H2,1-6H3/p+1. The van der Waals surface area contributed by atoms with Gasteiger partial charge in [0.15, 0.2) is 11.5 Å². The largest absolute Gasteiger partial charge is 0.344 e. The molecule has 0 aromatic heterocycles. The average Bonchev–Trinajstić information content (AvgIpc) is 4.27. The van der Waals surface area contributed by atoms with E-state index in [9.17, 15) is 36.9 Å². The second kappa shape index (κ2) is 24.4. The summed E-state index contributed by atoms with van der Waals surface area (Å²) in [6, 6.07) is 8.65. The lowest BCUT2D eigenvalue weighted by molar-refractivity contribution is -0.401. The third kappa shape index (κ3) is 12.3. The first-order valence-corrected chi connectivity index (χ1v) is 31.3. The molecule has 4 amide bonds. The maximum Gasteiger partial charge on any atom is 0.264 e. The molecule has 2 aromatic rings. The Bertz CT molecular complexity index is 2880. The Morgan fingerprint density at radius 2 is 1.29 bits per heavy atom. The van der Waals surface area contributed by atoms with E-state index in [0.717, 1.165) is 36.2 Å². The Balaban J connectivity index is 0.902. The monoisotopic (exact) mass is 1280 g/mol. The molecule has 5 atom stereocenters. The average molecular weight is 1280 g/mol. The summed E-state index contributed by atoms with van der Waals surface area (Å²) in [5, 5.41) is 0. The highest BCUT2D eigenvalue weighted by molar-refractivity contribution is 14.1. The number of hydrogen-bond donors (Lipinski definition) is 1. The normalized spacial score (nSPS) is 25.0. The van der Waals surface area contributed by atoms with E-state index in [-0.39, 0.29) is 40.6 Å². The molecule has 6 heterocycles. The van der Waals surface area contributed by atoms with Crippen molar-refractivity contribution >= 4 is 102 Å². The summed E-state index contributed by atoms with van der Waals surface area (Å²) >= 11 is 4.83. The van der Waals surface area contributed by atoms with Crippen LogP contribution in [0.3, 0.4) is 0 Å². The summed E-state index contributed by atoms with van der Waals surface area (Å²) in [7, 11) is -1.95. The van der Waals surface area contributed by atoms with Gasteiger partial charge in [0.25, 0.3) is 10.1 Å². The zero-order chi connectivity index (χ0) is 54.7. The number of nitrogens with zero attached hydrogens (tertiary/aromatic N) is 6. The van der Waals surface area contributed by atoms with Gasteiger partial charge in [0.1, 0.15) is 25.2 Å². The zero-order valence-corrected chi connectivity index (χ0v) is 50.4. The number of allylic oxidation sites excluding steroid dienone is 8. The third-order valence-corrected chi connectivity index (χ3v) is 19.3. The van der Waals surface area contributed by atoms with Gasteiger partial charge < -0.3 is 24.5 Å². The smallest absolute Gasteiger partial charge is 0.264 e. The molecule has 4 saturated heterocycles. The molecule has 6 aliphatic rings. The number of unbranched alkanes of at least 4 members (excludes halogenated alkanes) is 3. The first-order chi connectivity index (χ1) is 36.1. The molecule has 17 heteroatoms. The van der Waals surface area contributed by atoms with E-state index in [4.69, 9.17) is 0 Å². The summed E-state index contributed by atoms with van der Waals surface area (Å²) in [4.78, 5) is 77.8. The van der Waals surface area contributed by atoms with Crippen molar-refractivity contribution < 1.29 is 41.5 Å². The Morgan fingerprint density at radius 3 is 1.91 bits per heavy atom. The molecule has 0 aliphatic carbocycles. The van der Waals surface area contributed by atoms with Gasteiger partial charge in [0, 0.05) is 75.2 Å². The van der Waals surface area contributed by atoms with Gasteiger partial charge >= 0.3 is 0 Å². The van der Waals surface area contributed by atoms with Gasteiger partial charge in [-0.2, -0.15) is 13.0 Å². The van der Waals surface area contributed by atoms with E-state index in [1.54, 1.807) is 19.6 Å². The van der Waals surface area contributed by atoms with Crippen LogP contribution in [0.4, 0.5) is 11.4 Å². The molecule has 4 fully saturated rings. The molecule has 0 radical (unpaired) electrons. The van der Waals surface area contributed by atoms with Gasteiger partial charge in [-0.25, -0.2) is 0 Å². The van der Waals surface area contributed by atoms with Crippen molar-refractivity contribution in [1.29, 1.82) is 0 Å². The number of amides is 4. The Morgan fingerprint density at radius 1 is 0.724 bits per heavy atom. The van der Waals surface area contributed by atoms with Gasteiger partial charge in [0.2, 0.25) is 29.3 Å². The minimum Gasteiger partial charge on any atom is -0.344 e. The van der Waals surface area contributed by atoms with E-state index >= 15 is 0 Å². The van der Waals surface area contributed by atoms with Crippen molar-refractivity contribution in [3.05, 3.63) is 102 Å². The molecule has 0 spiro atoms. The highest BCUT2D eigenvalue weighted by Gasteiger charge is 2.48. The van der Waals surface area contributed by atoms with E-state index in [1.807, 2.05) is 18.2 Å². The van der Waals surface area contributed by atoms with Crippen LogP contribution < -0.4 is 4.90 Å². The van der Waals surface area contributed by atoms with Crippen LogP contribution in [0.5, 0.6) is 0 Å². The van der Waals surface area contributed by atoms with Crippen LogP contribution in [-0.2, 0) is 44.9 Å². The van der Waals surface area contributed by atoms with Crippen LogP contribution in [0.15, 0.2) is 78.6 Å². The first-order valence-electron chi connectivity index (χ1n) is 27.5. The lowest BCUT2D eigenvalue weighted by Crippen LogP contribution is -2.56. The molecule has 1 N–H and O–H groups in total. The van der Waals surface area contributed by atoms with E-state index in [2.05, 4.69) is 144 Å². The molecular weight excluding hydrogens is 1210 g/mol. The van der Waals surface area contributed by atoms with Crippen LogP contribution in [-0.4, -0.2) is 142 Å². The minimum absolute atomic E-state index is 0.0317. The third-order valence-electron chi connectivity index (χ3n) is 17.0. The molecule has 0 saturated carbocycles. The number of rotatable bonds is 19. The topological polar surface area (TPSA) is 159 Å². The number of carbonyl (C=O) groups excluding carboxylic acids is 5. The summed E-state index contributed by atoms with van der Waals surface area (Å²) in [6.07, 6.45) is 23.9. The molecular formula is C59H77I2N6O8S+. The predicted octanol–water partition coefficient (Wildman–Crippen LogP) is 9.71. The van der Waals surface area contributed by atoms with Crippen molar-refractivity contribution in [1.82, 2.24) is 19.6 Å². The highest BCUT2D eigenvalue weighted by Crippen LogP contribution is 2.51. The number of aryl methyl sites for hydroxylation is 1. The predicted molar refractivity (Wildman–Crippen MR) is 315 cm³/mol. The maximum absolute atomic E-state index is 14.4. The lowest BCUT2D eigenvalue weighted by Gasteiger charge is -2.35. The van der Waals surface area contributed by atoms with Crippen LogP contribution in [0.25, 0.3) is 0 Å². The summed E-state index contributed by atoms with van der Waals surface area (Å²) in [6.45, 7) is 13.0. The quantitative estimate of drug-likeness (QED) is 0.0475. The number of likely N-dealkylation sites (tertiary alicyclic amines) is 4. The molecule has 410 valence electrons. The number of halogens is 2. The number of benzene rings is 2. The van der Waals surface area contributed by atoms with Crippen LogP contribution >= 0.6 is 45.2 Å². The van der Waals surface area contributed by atoms with Gasteiger partial charge in [0.05, 0.1) is 22.8 Å². The number of hydrogen-bond acceptors (Lipinski definition) is 8. The summed E-state index contributed by atoms with van der Waals surface area (Å²) < 4.78 is 37.7. The van der Waals surface area contributed by atoms with Gasteiger partial charge in [-0.1, -0.05) is 60.9 Å². The number of ketones is 1. The fourth-order valence-electron chi connectivity index (χ4n) is 13.2. The molecule has 6 aliphatic heterocycles. The Hall–Kier alpha value is -4.21. The molecule has 14 nitrogen and oxygen atoms in total. The van der Waals surface area contributed by atoms with E-state index in [0.29, 0.717) is 110 Å². The van der Waals surface area contributed by atoms with Crippen LogP contribution in [0, 0.1) is 14.1 Å². The first kappa shape index (κ1) is 58.0. The SMILES string of the molecule is CC(=O)C1CCCN1C(=O)C1CCCN1C(=O)C1CCCN1C(=O)C1CCCN1C(=O)CCCCCN1C(=CC=CC=CC=CC2=[N+](C)c3cc(I)cc(I)c3C2(C)C)C(C)(CCCCS(=O)(=O)O)c2cc(C)ccc21. The Kier molecular flexibility index (Phi) is 18.6. The van der Waals surface area contributed by atoms with Crippen LogP contribution in [0.2, 0.25) is 0 Å². The van der Waals surface area contributed by atoms with E-state index in [1.165, 1.54) is 36.6 Å². The molecule has 76 heavy (non-hydrogen) atoms. The van der Waals surface area contributed by atoms with E-state index < -0.39 is 39.7 Å².